The molecule has 164 valence electrons. The molecular weight excluding hydrogens is 396 g/mol. The minimum atomic E-state index is 0. The maximum Gasteiger partial charge on any atom is 0.222 e. The van der Waals surface area contributed by atoms with Crippen LogP contribution >= 0.6 is 12.4 Å². The van der Waals surface area contributed by atoms with E-state index in [4.69, 9.17) is 5.10 Å². The van der Waals surface area contributed by atoms with Crippen molar-refractivity contribution in [2.75, 3.05) is 7.05 Å². The first-order chi connectivity index (χ1) is 13.9. The molecule has 1 N–H and O–H groups in total. The van der Waals surface area contributed by atoms with E-state index in [1.165, 1.54) is 35.2 Å². The third-order valence-corrected chi connectivity index (χ3v) is 6.96. The van der Waals surface area contributed by atoms with Gasteiger partial charge in [0.05, 0.1) is 12.2 Å². The number of nitrogens with zero attached hydrogens (tertiary/aromatic N) is 3. The Labute approximate surface area is 186 Å². The molecule has 0 saturated carbocycles. The lowest BCUT2D eigenvalue weighted by molar-refractivity contribution is -0.132. The minimum Gasteiger partial charge on any atom is -0.343 e. The Morgan fingerprint density at radius 3 is 2.40 bits per heavy atom. The highest BCUT2D eigenvalue weighted by atomic mass is 35.5. The first kappa shape index (κ1) is 22.8. The maximum absolute atomic E-state index is 12.9. The number of rotatable bonds is 6. The SMILES string of the molecule is Cc1ccc(Cn2nc(C)c(CCC(=O)N(C)C3CC4CCC(C3)N4)c2C)cc1.Cl. The molecule has 2 aliphatic heterocycles. The standard InChI is InChI=1S/C24H34N4O.ClH/c1-16-5-7-19(8-6-16)15-28-18(3)23(17(2)26-28)11-12-24(29)27(4)22-13-20-9-10-21(14-22)25-20;/h5-8,20-22,25H,9-15H2,1-4H3;1H. The van der Waals surface area contributed by atoms with Crippen LogP contribution in [-0.4, -0.2) is 45.8 Å². The van der Waals surface area contributed by atoms with E-state index in [0.29, 0.717) is 24.5 Å². The van der Waals surface area contributed by atoms with E-state index >= 15 is 0 Å². The second-order valence-corrected chi connectivity index (χ2v) is 9.06. The number of hydrogen-bond acceptors (Lipinski definition) is 3. The summed E-state index contributed by atoms with van der Waals surface area (Å²) in [5, 5.41) is 8.42. The van der Waals surface area contributed by atoms with Gasteiger partial charge in [-0.2, -0.15) is 5.10 Å². The van der Waals surface area contributed by atoms with Crippen LogP contribution in [0.1, 0.15) is 60.2 Å². The quantitative estimate of drug-likeness (QED) is 0.754. The van der Waals surface area contributed by atoms with Gasteiger partial charge in [0.25, 0.3) is 0 Å². The molecule has 2 bridgehead atoms. The lowest BCUT2D eigenvalue weighted by atomic mass is 9.98. The average molecular weight is 431 g/mol. The highest BCUT2D eigenvalue weighted by molar-refractivity contribution is 5.85. The summed E-state index contributed by atoms with van der Waals surface area (Å²) in [7, 11) is 2.00. The van der Waals surface area contributed by atoms with Gasteiger partial charge in [0.2, 0.25) is 5.91 Å². The van der Waals surface area contributed by atoms with Crippen LogP contribution in [0, 0.1) is 20.8 Å². The molecule has 0 aliphatic carbocycles. The number of carbonyl (C=O) groups is 1. The molecule has 1 aromatic heterocycles. The van der Waals surface area contributed by atoms with Crippen molar-refractivity contribution in [1.29, 1.82) is 0 Å². The van der Waals surface area contributed by atoms with Crippen LogP contribution in [0.4, 0.5) is 0 Å². The number of carbonyl (C=O) groups excluding carboxylic acids is 1. The Hall–Kier alpha value is -1.85. The maximum atomic E-state index is 12.9. The molecule has 1 aromatic carbocycles. The number of aryl methyl sites for hydroxylation is 2. The van der Waals surface area contributed by atoms with Crippen LogP contribution in [0.25, 0.3) is 0 Å². The van der Waals surface area contributed by atoms with Gasteiger partial charge >= 0.3 is 0 Å². The van der Waals surface area contributed by atoms with Crippen molar-refractivity contribution in [2.24, 2.45) is 0 Å². The number of piperidine rings is 1. The summed E-state index contributed by atoms with van der Waals surface area (Å²) in [6, 6.07) is 10.2. The normalized spacial score (nSPS) is 22.6. The van der Waals surface area contributed by atoms with E-state index < -0.39 is 0 Å². The van der Waals surface area contributed by atoms with Crippen molar-refractivity contribution in [3.05, 3.63) is 52.3 Å². The van der Waals surface area contributed by atoms with Gasteiger partial charge in [-0.15, -0.1) is 12.4 Å². The summed E-state index contributed by atoms with van der Waals surface area (Å²) < 4.78 is 2.08. The number of aromatic nitrogens is 2. The van der Waals surface area contributed by atoms with Crippen LogP contribution in [-0.2, 0) is 17.8 Å². The molecule has 6 heteroatoms. The van der Waals surface area contributed by atoms with Crippen molar-refractivity contribution < 1.29 is 4.79 Å². The third-order valence-electron chi connectivity index (χ3n) is 6.96. The molecule has 2 saturated heterocycles. The van der Waals surface area contributed by atoms with Gasteiger partial charge in [0.15, 0.2) is 0 Å². The van der Waals surface area contributed by atoms with Gasteiger partial charge in [0, 0.05) is 37.3 Å². The summed E-state index contributed by atoms with van der Waals surface area (Å²) in [6.07, 6.45) is 6.07. The van der Waals surface area contributed by atoms with Gasteiger partial charge in [-0.1, -0.05) is 29.8 Å². The Morgan fingerprint density at radius 1 is 1.13 bits per heavy atom. The summed E-state index contributed by atoms with van der Waals surface area (Å²) in [4.78, 5) is 14.9. The summed E-state index contributed by atoms with van der Waals surface area (Å²) >= 11 is 0. The second-order valence-electron chi connectivity index (χ2n) is 9.06. The largest absolute Gasteiger partial charge is 0.343 e. The van der Waals surface area contributed by atoms with Crippen molar-refractivity contribution in [3.63, 3.8) is 0 Å². The fourth-order valence-corrected chi connectivity index (χ4v) is 5.07. The molecule has 3 heterocycles. The fraction of sp³-hybridized carbons (Fsp3) is 0.583. The summed E-state index contributed by atoms with van der Waals surface area (Å²) in [5.74, 6) is 0.265. The molecule has 2 unspecified atom stereocenters. The van der Waals surface area contributed by atoms with Crippen molar-refractivity contribution in [1.82, 2.24) is 20.0 Å². The topological polar surface area (TPSA) is 50.2 Å². The predicted molar refractivity (Wildman–Crippen MR) is 123 cm³/mol. The van der Waals surface area contributed by atoms with Crippen molar-refractivity contribution in [3.8, 4) is 0 Å². The lowest BCUT2D eigenvalue weighted by Gasteiger charge is -2.35. The first-order valence-corrected chi connectivity index (χ1v) is 11.0. The monoisotopic (exact) mass is 430 g/mol. The minimum absolute atomic E-state index is 0. The number of fused-ring (bicyclic) bond motifs is 2. The molecule has 2 aromatic rings. The van der Waals surface area contributed by atoms with E-state index in [2.05, 4.69) is 55.0 Å². The van der Waals surface area contributed by atoms with E-state index in [0.717, 1.165) is 31.5 Å². The van der Waals surface area contributed by atoms with Crippen LogP contribution in [0.15, 0.2) is 24.3 Å². The zero-order valence-corrected chi connectivity index (χ0v) is 19.5. The number of benzene rings is 1. The molecule has 2 fully saturated rings. The number of halogens is 1. The molecule has 30 heavy (non-hydrogen) atoms. The highest BCUT2D eigenvalue weighted by Crippen LogP contribution is 2.29. The molecule has 5 nitrogen and oxygen atoms in total. The van der Waals surface area contributed by atoms with Gasteiger partial charge in [-0.25, -0.2) is 0 Å². The Balaban J connectivity index is 0.00000256. The average Bonchev–Trinajstić information content (AvgIpc) is 3.18. The van der Waals surface area contributed by atoms with Gasteiger partial charge in [-0.05, 0) is 64.0 Å². The Kier molecular flexibility index (Phi) is 7.25. The van der Waals surface area contributed by atoms with Crippen molar-refractivity contribution >= 4 is 18.3 Å². The molecule has 0 radical (unpaired) electrons. The van der Waals surface area contributed by atoms with Crippen LogP contribution < -0.4 is 5.32 Å². The van der Waals surface area contributed by atoms with E-state index in [1.54, 1.807) is 0 Å². The lowest BCUT2D eigenvalue weighted by Crippen LogP contribution is -2.48. The molecule has 2 atom stereocenters. The first-order valence-electron chi connectivity index (χ1n) is 11.0. The number of nitrogens with one attached hydrogen (secondary N) is 1. The van der Waals surface area contributed by atoms with Gasteiger partial charge in [0.1, 0.15) is 0 Å². The number of amides is 1. The fourth-order valence-electron chi connectivity index (χ4n) is 5.07. The smallest absolute Gasteiger partial charge is 0.222 e. The molecule has 1 amide bonds. The van der Waals surface area contributed by atoms with E-state index in [-0.39, 0.29) is 18.3 Å². The van der Waals surface area contributed by atoms with E-state index in [1.807, 2.05) is 11.9 Å². The van der Waals surface area contributed by atoms with Crippen molar-refractivity contribution in [2.45, 2.75) is 84.0 Å². The van der Waals surface area contributed by atoms with Crippen LogP contribution in [0.5, 0.6) is 0 Å². The van der Waals surface area contributed by atoms with Crippen LogP contribution in [0.3, 0.4) is 0 Å². The zero-order chi connectivity index (χ0) is 20.5. The highest BCUT2D eigenvalue weighted by Gasteiger charge is 2.36. The van der Waals surface area contributed by atoms with Crippen LogP contribution in [0.2, 0.25) is 0 Å². The summed E-state index contributed by atoms with van der Waals surface area (Å²) in [6.45, 7) is 7.07. The summed E-state index contributed by atoms with van der Waals surface area (Å²) in [5.41, 5.74) is 5.98. The second kappa shape index (κ2) is 9.52. The molecular formula is C24H35ClN4O. The molecule has 2 aliphatic rings. The third kappa shape index (κ3) is 4.89. The Morgan fingerprint density at radius 2 is 1.77 bits per heavy atom. The molecule has 4 rings (SSSR count). The number of hydrogen-bond donors (Lipinski definition) is 1. The van der Waals surface area contributed by atoms with E-state index in [9.17, 15) is 4.79 Å². The molecule has 0 spiro atoms. The van der Waals surface area contributed by atoms with Gasteiger partial charge < -0.3 is 10.2 Å². The van der Waals surface area contributed by atoms with Gasteiger partial charge in [-0.3, -0.25) is 9.48 Å². The Bertz CT molecular complexity index is 864. The predicted octanol–water partition coefficient (Wildman–Crippen LogP) is 3.95. The zero-order valence-electron chi connectivity index (χ0n) is 18.6.